The molecule has 86 valence electrons. The van der Waals surface area contributed by atoms with Crippen molar-refractivity contribution in [1.29, 1.82) is 0 Å². The van der Waals surface area contributed by atoms with Crippen molar-refractivity contribution in [3.63, 3.8) is 0 Å². The minimum absolute atomic E-state index is 1.07. The number of rotatable bonds is 4. The summed E-state index contributed by atoms with van der Waals surface area (Å²) in [5.74, 6) is -4.88. The van der Waals surface area contributed by atoms with Crippen LogP contribution >= 0.6 is 0 Å². The fourth-order valence-electron chi connectivity index (χ4n) is 0.457. The molecule has 0 amide bonds. The van der Waals surface area contributed by atoms with Gasteiger partial charge in [-0.2, -0.15) is 22.0 Å². The van der Waals surface area contributed by atoms with Crippen LogP contribution in [0, 0.1) is 0 Å². The van der Waals surface area contributed by atoms with E-state index in [-0.39, 0.29) is 0 Å². The highest BCUT2D eigenvalue weighted by molar-refractivity contribution is 4.75. The first kappa shape index (κ1) is 13.6. The number of hydrogen-bond donors (Lipinski definition) is 1. The molecule has 0 aromatic carbocycles. The Bertz CT molecular complexity index is 177. The Morgan fingerprint density at radius 2 is 1.57 bits per heavy atom. The summed E-state index contributed by atoms with van der Waals surface area (Å²) in [4.78, 5) is 0. The zero-order chi connectivity index (χ0) is 11.6. The van der Waals surface area contributed by atoms with Crippen LogP contribution in [0.1, 0.15) is 13.8 Å². The van der Waals surface area contributed by atoms with Crippen molar-refractivity contribution < 1.29 is 31.8 Å². The third kappa shape index (κ3) is 3.75. The summed E-state index contributed by atoms with van der Waals surface area (Å²) in [5, 5.41) is 8.77. The van der Waals surface area contributed by atoms with Crippen molar-refractivity contribution in [2.24, 2.45) is 0 Å². The van der Waals surface area contributed by atoms with Gasteiger partial charge in [0.25, 0.3) is 0 Å². The molecule has 1 unspecified atom stereocenters. The summed E-state index contributed by atoms with van der Waals surface area (Å²) in [7, 11) is 0. The van der Waals surface area contributed by atoms with E-state index in [9.17, 15) is 22.0 Å². The standard InChI is InChI=1S/C7H11F5O2/c1-4(13)5(2)14-3-6(8,9)7(10,11)12/h4-5,13H,3H2,1-2H3/t4-,5?/m1/s1. The van der Waals surface area contributed by atoms with E-state index >= 15 is 0 Å². The van der Waals surface area contributed by atoms with Gasteiger partial charge in [0.2, 0.25) is 0 Å². The summed E-state index contributed by atoms with van der Waals surface area (Å²) in [6.07, 6.45) is -7.78. The molecular formula is C7H11F5O2. The Kier molecular flexibility index (Phi) is 4.26. The van der Waals surface area contributed by atoms with E-state index in [1.165, 1.54) is 13.8 Å². The first-order valence-electron chi connectivity index (χ1n) is 3.82. The van der Waals surface area contributed by atoms with E-state index in [2.05, 4.69) is 4.74 Å². The molecule has 7 heteroatoms. The van der Waals surface area contributed by atoms with Gasteiger partial charge in [0, 0.05) is 0 Å². The zero-order valence-corrected chi connectivity index (χ0v) is 7.61. The second-order valence-electron chi connectivity index (χ2n) is 2.96. The molecule has 0 aliphatic rings. The van der Waals surface area contributed by atoms with Gasteiger partial charge >= 0.3 is 12.1 Å². The molecule has 0 fully saturated rings. The largest absolute Gasteiger partial charge is 0.455 e. The van der Waals surface area contributed by atoms with Crippen molar-refractivity contribution in [1.82, 2.24) is 0 Å². The van der Waals surface area contributed by atoms with Crippen molar-refractivity contribution in [2.75, 3.05) is 6.61 Å². The van der Waals surface area contributed by atoms with E-state index in [1.807, 2.05) is 0 Å². The molecule has 0 rings (SSSR count). The van der Waals surface area contributed by atoms with Crippen LogP contribution in [0.3, 0.4) is 0 Å². The van der Waals surface area contributed by atoms with Crippen LogP contribution in [0.4, 0.5) is 22.0 Å². The second kappa shape index (κ2) is 4.39. The second-order valence-corrected chi connectivity index (χ2v) is 2.96. The monoisotopic (exact) mass is 222 g/mol. The lowest BCUT2D eigenvalue weighted by Crippen LogP contribution is -2.42. The fraction of sp³-hybridized carbons (Fsp3) is 1.00. The third-order valence-electron chi connectivity index (χ3n) is 1.62. The number of aliphatic hydroxyl groups is 1. The van der Waals surface area contributed by atoms with Crippen molar-refractivity contribution in [3.05, 3.63) is 0 Å². The molecule has 0 saturated heterocycles. The van der Waals surface area contributed by atoms with Gasteiger partial charge in [0.05, 0.1) is 12.2 Å². The fourth-order valence-corrected chi connectivity index (χ4v) is 0.457. The number of alkyl halides is 5. The Morgan fingerprint density at radius 3 is 1.86 bits per heavy atom. The summed E-state index contributed by atoms with van der Waals surface area (Å²) in [6, 6.07) is 0. The highest BCUT2D eigenvalue weighted by Crippen LogP contribution is 2.35. The predicted octanol–water partition coefficient (Wildman–Crippen LogP) is 1.97. The molecule has 0 aliphatic carbocycles. The van der Waals surface area contributed by atoms with E-state index in [1.54, 1.807) is 0 Å². The number of halogens is 5. The Morgan fingerprint density at radius 1 is 1.14 bits per heavy atom. The van der Waals surface area contributed by atoms with Crippen molar-refractivity contribution in [3.8, 4) is 0 Å². The van der Waals surface area contributed by atoms with E-state index in [0.29, 0.717) is 0 Å². The molecule has 0 saturated carbocycles. The maximum absolute atomic E-state index is 12.2. The summed E-state index contributed by atoms with van der Waals surface area (Å²) in [6.45, 7) is 0.663. The van der Waals surface area contributed by atoms with Crippen molar-refractivity contribution >= 4 is 0 Å². The van der Waals surface area contributed by atoms with Gasteiger partial charge in [0.15, 0.2) is 0 Å². The molecule has 0 aromatic heterocycles. The molecule has 0 aromatic rings. The molecule has 2 atom stereocenters. The van der Waals surface area contributed by atoms with Gasteiger partial charge in [0.1, 0.15) is 6.61 Å². The molecule has 0 heterocycles. The van der Waals surface area contributed by atoms with E-state index in [0.717, 1.165) is 0 Å². The van der Waals surface area contributed by atoms with Crippen LogP contribution in [0.2, 0.25) is 0 Å². The Hall–Kier alpha value is -0.430. The highest BCUT2D eigenvalue weighted by atomic mass is 19.4. The maximum Gasteiger partial charge on any atom is 0.455 e. The molecule has 2 nitrogen and oxygen atoms in total. The normalized spacial score (nSPS) is 18.0. The van der Waals surface area contributed by atoms with Gasteiger partial charge in [-0.05, 0) is 13.8 Å². The molecule has 0 spiro atoms. The van der Waals surface area contributed by atoms with Crippen LogP contribution < -0.4 is 0 Å². The first-order chi connectivity index (χ1) is 6.08. The van der Waals surface area contributed by atoms with Gasteiger partial charge < -0.3 is 9.84 Å². The Labute approximate surface area is 77.7 Å². The number of hydrogen-bond acceptors (Lipinski definition) is 2. The third-order valence-corrected chi connectivity index (χ3v) is 1.62. The van der Waals surface area contributed by atoms with Gasteiger partial charge in [-0.15, -0.1) is 0 Å². The molecule has 0 bridgehead atoms. The summed E-state index contributed by atoms with van der Waals surface area (Å²) in [5.41, 5.74) is 0. The highest BCUT2D eigenvalue weighted by Gasteiger charge is 2.57. The average molecular weight is 222 g/mol. The summed E-state index contributed by atoms with van der Waals surface area (Å²) >= 11 is 0. The average Bonchev–Trinajstić information content (AvgIpc) is 1.97. The minimum Gasteiger partial charge on any atom is -0.391 e. The van der Waals surface area contributed by atoms with Crippen LogP contribution in [-0.4, -0.2) is 36.0 Å². The molecule has 0 aliphatic heterocycles. The lowest BCUT2D eigenvalue weighted by atomic mass is 10.2. The molecular weight excluding hydrogens is 211 g/mol. The smallest absolute Gasteiger partial charge is 0.391 e. The summed E-state index contributed by atoms with van der Waals surface area (Å²) < 4.78 is 63.4. The van der Waals surface area contributed by atoms with Gasteiger partial charge in [-0.25, -0.2) is 0 Å². The van der Waals surface area contributed by atoms with Gasteiger partial charge in [-0.3, -0.25) is 0 Å². The van der Waals surface area contributed by atoms with E-state index < -0.39 is 30.9 Å². The number of aliphatic hydroxyl groups excluding tert-OH is 1. The lowest BCUT2D eigenvalue weighted by Gasteiger charge is -2.22. The SMILES string of the molecule is CC(OCC(F)(F)C(F)(F)F)[C@@H](C)O. The number of ether oxygens (including phenoxy) is 1. The lowest BCUT2D eigenvalue weighted by molar-refractivity contribution is -0.301. The topological polar surface area (TPSA) is 29.5 Å². The maximum atomic E-state index is 12.2. The quantitative estimate of drug-likeness (QED) is 0.737. The zero-order valence-electron chi connectivity index (χ0n) is 7.61. The Balaban J connectivity index is 4.13. The van der Waals surface area contributed by atoms with Crippen LogP contribution in [-0.2, 0) is 4.74 Å². The van der Waals surface area contributed by atoms with Crippen LogP contribution in [0.5, 0.6) is 0 Å². The van der Waals surface area contributed by atoms with E-state index in [4.69, 9.17) is 5.11 Å². The van der Waals surface area contributed by atoms with Gasteiger partial charge in [-0.1, -0.05) is 0 Å². The van der Waals surface area contributed by atoms with Crippen LogP contribution in [0.15, 0.2) is 0 Å². The van der Waals surface area contributed by atoms with Crippen molar-refractivity contribution in [2.45, 2.75) is 38.2 Å². The van der Waals surface area contributed by atoms with Crippen LogP contribution in [0.25, 0.3) is 0 Å². The predicted molar refractivity (Wildman–Crippen MR) is 38.1 cm³/mol. The molecule has 14 heavy (non-hydrogen) atoms. The first-order valence-corrected chi connectivity index (χ1v) is 3.82. The minimum atomic E-state index is -5.62. The molecule has 1 N–H and O–H groups in total. The molecule has 0 radical (unpaired) electrons.